The first-order valence-corrected chi connectivity index (χ1v) is 19.3. The molecule has 0 aliphatic carbocycles. The number of aromatic nitrogens is 2. The Bertz CT molecular complexity index is 1270. The highest BCUT2D eigenvalue weighted by molar-refractivity contribution is 6.74. The van der Waals surface area contributed by atoms with Gasteiger partial charge in [0.2, 0.25) is 6.23 Å². The van der Waals surface area contributed by atoms with Crippen LogP contribution < -0.4 is 11.2 Å². The summed E-state index contributed by atoms with van der Waals surface area (Å²) in [6, 6.07) is 10.9. The Hall–Kier alpha value is -2.25. The van der Waals surface area contributed by atoms with E-state index < -0.39 is 46.3 Å². The van der Waals surface area contributed by atoms with Crippen molar-refractivity contribution >= 4 is 16.6 Å². The van der Waals surface area contributed by atoms with E-state index in [0.29, 0.717) is 5.76 Å². The van der Waals surface area contributed by atoms with Crippen LogP contribution in [-0.2, 0) is 31.7 Å². The summed E-state index contributed by atoms with van der Waals surface area (Å²) >= 11 is 0. The SMILES string of the molecule is C=C1O[C@@H](n2ccc(=O)n(COCc3ccccc3)c2=O)[C@H](O[Si](C)(C)C(C)(C)C)[C@@H]1O[Si](C)(C)C(C)(C)C. The predicted molar refractivity (Wildman–Crippen MR) is 160 cm³/mol. The van der Waals surface area contributed by atoms with Crippen molar-refractivity contribution in [2.45, 2.75) is 110 Å². The van der Waals surface area contributed by atoms with Crippen molar-refractivity contribution in [3.05, 3.63) is 81.3 Å². The van der Waals surface area contributed by atoms with Gasteiger partial charge in [0.25, 0.3) is 5.56 Å². The molecule has 1 aliphatic heterocycles. The minimum Gasteiger partial charge on any atom is -0.469 e. The zero-order valence-corrected chi connectivity index (χ0v) is 27.2. The Labute approximate surface area is 234 Å². The number of ether oxygens (including phenoxy) is 2. The summed E-state index contributed by atoms with van der Waals surface area (Å²) in [4.78, 5) is 26.3. The van der Waals surface area contributed by atoms with E-state index in [-0.39, 0.29) is 23.4 Å². The number of nitrogens with zero attached hydrogens (tertiary/aromatic N) is 2. The molecule has 1 aromatic carbocycles. The van der Waals surface area contributed by atoms with E-state index in [0.717, 1.165) is 10.1 Å². The van der Waals surface area contributed by atoms with E-state index in [9.17, 15) is 9.59 Å². The van der Waals surface area contributed by atoms with Crippen LogP contribution in [-0.4, -0.2) is 38.0 Å². The molecule has 1 saturated heterocycles. The fourth-order valence-corrected chi connectivity index (χ4v) is 6.30. The van der Waals surface area contributed by atoms with Gasteiger partial charge in [0.15, 0.2) is 16.6 Å². The average Bonchev–Trinajstić information content (AvgIpc) is 3.09. The largest absolute Gasteiger partial charge is 0.469 e. The van der Waals surface area contributed by atoms with Crippen molar-refractivity contribution in [2.24, 2.45) is 0 Å². The molecule has 216 valence electrons. The number of rotatable bonds is 9. The van der Waals surface area contributed by atoms with Crippen molar-refractivity contribution < 1.29 is 18.3 Å². The van der Waals surface area contributed by atoms with Gasteiger partial charge in [-0.15, -0.1) is 0 Å². The second-order valence-corrected chi connectivity index (χ2v) is 22.9. The number of hydrogen-bond acceptors (Lipinski definition) is 6. The summed E-state index contributed by atoms with van der Waals surface area (Å²) in [6.07, 6.45) is -0.532. The van der Waals surface area contributed by atoms with Gasteiger partial charge in [-0.1, -0.05) is 78.5 Å². The van der Waals surface area contributed by atoms with E-state index in [2.05, 4.69) is 74.3 Å². The van der Waals surface area contributed by atoms with Crippen LogP contribution >= 0.6 is 0 Å². The quantitative estimate of drug-likeness (QED) is 0.341. The number of hydrogen-bond donors (Lipinski definition) is 0. The lowest BCUT2D eigenvalue weighted by atomic mass is 10.2. The standard InChI is InChI=1S/C29H46N2O6Si2/c1-21-24(36-38(8,9)28(2,3)4)25(37-39(10,11)29(5,6)7)26(35-21)30-18-17-23(32)31(27(30)33)20-34-19-22-15-13-12-14-16-22/h12-18,24-26H,1,19-20H2,2-11H3/t24-,25-,26-/m1/s1. The molecule has 1 aromatic heterocycles. The molecular weight excluding hydrogens is 528 g/mol. The third kappa shape index (κ3) is 6.91. The third-order valence-electron chi connectivity index (χ3n) is 8.34. The van der Waals surface area contributed by atoms with Crippen LogP contribution in [0.3, 0.4) is 0 Å². The van der Waals surface area contributed by atoms with Gasteiger partial charge in [0.1, 0.15) is 24.7 Å². The molecule has 0 N–H and O–H groups in total. The summed E-state index contributed by atoms with van der Waals surface area (Å²) in [5.74, 6) is 0.429. The van der Waals surface area contributed by atoms with Crippen LogP contribution in [0.5, 0.6) is 0 Å². The van der Waals surface area contributed by atoms with E-state index in [1.54, 1.807) is 0 Å². The molecule has 2 heterocycles. The zero-order valence-electron chi connectivity index (χ0n) is 25.2. The maximum Gasteiger partial charge on any atom is 0.335 e. The van der Waals surface area contributed by atoms with Crippen LogP contribution in [0.4, 0.5) is 0 Å². The van der Waals surface area contributed by atoms with Crippen molar-refractivity contribution in [2.75, 3.05) is 0 Å². The van der Waals surface area contributed by atoms with Crippen LogP contribution in [0.2, 0.25) is 36.3 Å². The molecule has 0 amide bonds. The number of benzene rings is 1. The Morgan fingerprint density at radius 2 is 1.46 bits per heavy atom. The molecule has 39 heavy (non-hydrogen) atoms. The van der Waals surface area contributed by atoms with Gasteiger partial charge in [0, 0.05) is 12.3 Å². The Balaban J connectivity index is 1.99. The summed E-state index contributed by atoms with van der Waals surface area (Å²) in [5, 5.41) is -0.134. The highest BCUT2D eigenvalue weighted by atomic mass is 28.4. The molecule has 1 fully saturated rings. The second-order valence-electron chi connectivity index (χ2n) is 13.4. The minimum absolute atomic E-state index is 0.0486. The predicted octanol–water partition coefficient (Wildman–Crippen LogP) is 6.01. The van der Waals surface area contributed by atoms with E-state index >= 15 is 0 Å². The fourth-order valence-electron chi connectivity index (χ4n) is 3.77. The van der Waals surface area contributed by atoms with Gasteiger partial charge >= 0.3 is 5.69 Å². The lowest BCUT2D eigenvalue weighted by Crippen LogP contribution is -2.53. The average molecular weight is 575 g/mol. The Morgan fingerprint density at radius 3 is 2.03 bits per heavy atom. The van der Waals surface area contributed by atoms with Gasteiger partial charge in [0.05, 0.1) is 6.61 Å². The molecule has 2 aromatic rings. The molecule has 3 rings (SSSR count). The molecule has 8 nitrogen and oxygen atoms in total. The monoisotopic (exact) mass is 574 g/mol. The first kappa shape index (κ1) is 31.3. The van der Waals surface area contributed by atoms with Crippen LogP contribution in [0.1, 0.15) is 53.3 Å². The van der Waals surface area contributed by atoms with Crippen molar-refractivity contribution in [1.82, 2.24) is 9.13 Å². The van der Waals surface area contributed by atoms with Crippen LogP contribution in [0.15, 0.2) is 64.5 Å². The molecule has 0 saturated carbocycles. The molecule has 0 spiro atoms. The van der Waals surface area contributed by atoms with Gasteiger partial charge in [-0.05, 0) is 41.8 Å². The normalized spacial score (nSPS) is 20.8. The smallest absolute Gasteiger partial charge is 0.335 e. The van der Waals surface area contributed by atoms with Gasteiger partial charge < -0.3 is 18.3 Å². The highest BCUT2D eigenvalue weighted by Crippen LogP contribution is 2.46. The summed E-state index contributed by atoms with van der Waals surface area (Å²) in [7, 11) is -4.59. The summed E-state index contributed by atoms with van der Waals surface area (Å²) in [6.45, 7) is 26.0. The topological polar surface area (TPSA) is 80.9 Å². The van der Waals surface area contributed by atoms with Gasteiger partial charge in [-0.2, -0.15) is 0 Å². The lowest BCUT2D eigenvalue weighted by Gasteiger charge is -2.43. The maximum absolute atomic E-state index is 13.6. The lowest BCUT2D eigenvalue weighted by molar-refractivity contribution is -0.00980. The van der Waals surface area contributed by atoms with Crippen molar-refractivity contribution in [3.8, 4) is 0 Å². The molecule has 10 heteroatoms. The van der Waals surface area contributed by atoms with E-state index in [1.807, 2.05) is 30.3 Å². The maximum atomic E-state index is 13.6. The first-order valence-electron chi connectivity index (χ1n) is 13.5. The van der Waals surface area contributed by atoms with E-state index in [1.165, 1.54) is 16.8 Å². The van der Waals surface area contributed by atoms with Gasteiger partial charge in [-0.3, -0.25) is 9.36 Å². The van der Waals surface area contributed by atoms with Crippen molar-refractivity contribution in [3.63, 3.8) is 0 Å². The third-order valence-corrected chi connectivity index (χ3v) is 17.3. The molecule has 0 bridgehead atoms. The zero-order chi connectivity index (χ0) is 29.4. The first-order chi connectivity index (χ1) is 17.9. The molecule has 3 atom stereocenters. The Kier molecular flexibility index (Phi) is 9.08. The molecular formula is C29H46N2O6Si2. The molecule has 1 aliphatic rings. The fraction of sp³-hybridized carbons (Fsp3) is 0.586. The minimum atomic E-state index is -2.33. The van der Waals surface area contributed by atoms with Crippen LogP contribution in [0.25, 0.3) is 0 Å². The van der Waals surface area contributed by atoms with E-state index in [4.69, 9.17) is 18.3 Å². The van der Waals surface area contributed by atoms with Crippen LogP contribution in [0, 0.1) is 0 Å². The highest BCUT2D eigenvalue weighted by Gasteiger charge is 2.52. The summed E-state index contributed by atoms with van der Waals surface area (Å²) < 4.78 is 28.2. The molecule has 0 radical (unpaired) electrons. The summed E-state index contributed by atoms with van der Waals surface area (Å²) in [5.41, 5.74) is -0.0343. The van der Waals surface area contributed by atoms with Gasteiger partial charge in [-0.25, -0.2) is 9.36 Å². The Morgan fingerprint density at radius 1 is 0.897 bits per heavy atom. The molecule has 0 unspecified atom stereocenters. The second kappa shape index (κ2) is 11.3. The van der Waals surface area contributed by atoms with Crippen molar-refractivity contribution in [1.29, 1.82) is 0 Å².